The lowest BCUT2D eigenvalue weighted by Gasteiger charge is -2.10. The minimum Gasteiger partial charge on any atom is -0.454 e. The van der Waals surface area contributed by atoms with E-state index in [2.05, 4.69) is 33.8 Å². The number of aryl methyl sites for hydroxylation is 1. The molecule has 0 spiro atoms. The molecule has 1 aliphatic rings. The molecule has 0 unspecified atom stereocenters. The van der Waals surface area contributed by atoms with Gasteiger partial charge in [0.1, 0.15) is 0 Å². The average molecular weight is 457 g/mol. The van der Waals surface area contributed by atoms with Gasteiger partial charge in [0.2, 0.25) is 17.8 Å². The summed E-state index contributed by atoms with van der Waals surface area (Å²) in [6.07, 6.45) is 0. The van der Waals surface area contributed by atoms with Crippen molar-refractivity contribution in [2.24, 2.45) is 0 Å². The van der Waals surface area contributed by atoms with E-state index < -0.39 is 0 Å². The SMILES string of the molecule is CC(=O)c1cc2c(cc1NC(=O)CSc1nnc(Nc3cccc(C)c3C)s1)OCO2. The zero-order chi connectivity index (χ0) is 22.0. The second-order valence-corrected chi connectivity index (χ2v) is 9.09. The molecule has 3 aromatic rings. The number of thioether (sulfide) groups is 1. The predicted molar refractivity (Wildman–Crippen MR) is 121 cm³/mol. The van der Waals surface area contributed by atoms with Gasteiger partial charge in [-0.2, -0.15) is 0 Å². The van der Waals surface area contributed by atoms with E-state index in [1.165, 1.54) is 35.6 Å². The maximum atomic E-state index is 12.5. The van der Waals surface area contributed by atoms with Crippen LogP contribution in [0.25, 0.3) is 0 Å². The van der Waals surface area contributed by atoms with Crippen molar-refractivity contribution in [3.63, 3.8) is 0 Å². The highest BCUT2D eigenvalue weighted by Gasteiger charge is 2.20. The summed E-state index contributed by atoms with van der Waals surface area (Å²) < 4.78 is 11.3. The quantitative estimate of drug-likeness (QED) is 0.394. The third kappa shape index (κ3) is 4.80. The van der Waals surface area contributed by atoms with E-state index >= 15 is 0 Å². The van der Waals surface area contributed by atoms with Crippen LogP contribution in [0.15, 0.2) is 34.7 Å². The van der Waals surface area contributed by atoms with Gasteiger partial charge in [0.15, 0.2) is 21.6 Å². The van der Waals surface area contributed by atoms with Crippen molar-refractivity contribution in [2.45, 2.75) is 25.1 Å². The van der Waals surface area contributed by atoms with Gasteiger partial charge in [0.05, 0.1) is 11.4 Å². The molecular weight excluding hydrogens is 436 g/mol. The van der Waals surface area contributed by atoms with Crippen LogP contribution in [0.2, 0.25) is 0 Å². The number of anilines is 3. The molecule has 0 fully saturated rings. The maximum absolute atomic E-state index is 12.5. The first kappa shape index (κ1) is 21.1. The number of fused-ring (bicyclic) bond motifs is 1. The first-order valence-electron chi connectivity index (χ1n) is 9.44. The van der Waals surface area contributed by atoms with Crippen molar-refractivity contribution in [1.29, 1.82) is 0 Å². The molecule has 1 aromatic heterocycles. The Bertz CT molecular complexity index is 1160. The van der Waals surface area contributed by atoms with Gasteiger partial charge in [0, 0.05) is 17.3 Å². The summed E-state index contributed by atoms with van der Waals surface area (Å²) in [5, 5.41) is 15.0. The minimum atomic E-state index is -0.259. The number of nitrogens with zero attached hydrogens (tertiary/aromatic N) is 2. The van der Waals surface area contributed by atoms with Gasteiger partial charge in [-0.05, 0) is 44.0 Å². The summed E-state index contributed by atoms with van der Waals surface area (Å²) in [6.45, 7) is 5.63. The Balaban J connectivity index is 1.38. The molecule has 8 nitrogen and oxygen atoms in total. The van der Waals surface area contributed by atoms with Crippen molar-refractivity contribution in [3.8, 4) is 11.5 Å². The summed E-state index contributed by atoms with van der Waals surface area (Å²) in [6, 6.07) is 9.22. The number of nitrogens with one attached hydrogen (secondary N) is 2. The van der Waals surface area contributed by atoms with Gasteiger partial charge in [-0.1, -0.05) is 35.2 Å². The largest absolute Gasteiger partial charge is 0.454 e. The van der Waals surface area contributed by atoms with Crippen LogP contribution in [0.5, 0.6) is 11.5 Å². The fraction of sp³-hybridized carbons (Fsp3) is 0.238. The number of hydrogen-bond acceptors (Lipinski definition) is 9. The third-order valence-electron chi connectivity index (χ3n) is 4.75. The number of hydrogen-bond donors (Lipinski definition) is 2. The number of aromatic nitrogens is 2. The van der Waals surface area contributed by atoms with Crippen LogP contribution < -0.4 is 20.1 Å². The van der Waals surface area contributed by atoms with E-state index in [1.807, 2.05) is 19.1 Å². The second kappa shape index (κ2) is 8.94. The Morgan fingerprint density at radius 3 is 2.68 bits per heavy atom. The fourth-order valence-electron chi connectivity index (χ4n) is 2.97. The van der Waals surface area contributed by atoms with E-state index in [4.69, 9.17) is 9.47 Å². The highest BCUT2D eigenvalue weighted by molar-refractivity contribution is 8.01. The van der Waals surface area contributed by atoms with Crippen LogP contribution in [0.4, 0.5) is 16.5 Å². The first-order chi connectivity index (χ1) is 14.9. The van der Waals surface area contributed by atoms with Crippen LogP contribution >= 0.6 is 23.1 Å². The van der Waals surface area contributed by atoms with Crippen molar-refractivity contribution in [1.82, 2.24) is 10.2 Å². The molecule has 31 heavy (non-hydrogen) atoms. The Morgan fingerprint density at radius 2 is 1.90 bits per heavy atom. The van der Waals surface area contributed by atoms with Crippen molar-refractivity contribution < 1.29 is 19.1 Å². The number of ketones is 1. The standard InChI is InChI=1S/C21H20N4O4S2/c1-11-5-4-6-15(12(11)2)23-20-24-25-21(31-20)30-9-19(27)22-16-8-18-17(28-10-29-18)7-14(16)13(3)26/h4-8H,9-10H2,1-3H3,(H,22,27)(H,23,24). The molecule has 0 aliphatic carbocycles. The van der Waals surface area contributed by atoms with E-state index in [0.29, 0.717) is 32.2 Å². The number of carbonyl (C=O) groups excluding carboxylic acids is 2. The summed E-state index contributed by atoms with van der Waals surface area (Å²) in [4.78, 5) is 24.4. The molecule has 1 aliphatic heterocycles. The minimum absolute atomic E-state index is 0.0927. The van der Waals surface area contributed by atoms with E-state index in [1.54, 1.807) is 12.1 Å². The number of rotatable bonds is 7. The average Bonchev–Trinajstić information content (AvgIpc) is 3.38. The lowest BCUT2D eigenvalue weighted by molar-refractivity contribution is -0.113. The third-order valence-corrected chi connectivity index (χ3v) is 6.72. The molecule has 160 valence electrons. The predicted octanol–water partition coefficient (Wildman–Crippen LogP) is 4.56. The number of carbonyl (C=O) groups is 2. The van der Waals surface area contributed by atoms with E-state index in [-0.39, 0.29) is 24.2 Å². The molecule has 1 amide bonds. The molecule has 0 radical (unpaired) electrons. The molecular formula is C21H20N4O4S2. The van der Waals surface area contributed by atoms with Gasteiger partial charge >= 0.3 is 0 Å². The highest BCUT2D eigenvalue weighted by Crippen LogP contribution is 2.37. The van der Waals surface area contributed by atoms with Crippen molar-refractivity contribution >= 4 is 51.3 Å². The van der Waals surface area contributed by atoms with Crippen molar-refractivity contribution in [3.05, 3.63) is 47.0 Å². The number of amides is 1. The Labute approximate surface area is 187 Å². The molecule has 0 atom stereocenters. The molecule has 0 saturated carbocycles. The van der Waals surface area contributed by atoms with Crippen LogP contribution in [-0.4, -0.2) is 34.4 Å². The van der Waals surface area contributed by atoms with E-state index in [0.717, 1.165) is 11.3 Å². The molecule has 2 aromatic carbocycles. The molecule has 0 bridgehead atoms. The maximum Gasteiger partial charge on any atom is 0.234 e. The monoisotopic (exact) mass is 456 g/mol. The number of Topliss-reactive ketones (excluding diaryl/α,β-unsaturated/α-hetero) is 1. The normalized spacial score (nSPS) is 12.0. The van der Waals surface area contributed by atoms with Gasteiger partial charge in [-0.25, -0.2) is 0 Å². The van der Waals surface area contributed by atoms with Gasteiger partial charge in [-0.3, -0.25) is 9.59 Å². The Hall–Kier alpha value is -3.11. The lowest BCUT2D eigenvalue weighted by Crippen LogP contribution is -2.16. The van der Waals surface area contributed by atoms with Gasteiger partial charge in [-0.15, -0.1) is 10.2 Å². The Morgan fingerprint density at radius 1 is 1.13 bits per heavy atom. The fourth-order valence-corrected chi connectivity index (χ4v) is 4.53. The molecule has 10 heteroatoms. The number of benzene rings is 2. The second-order valence-electron chi connectivity index (χ2n) is 6.89. The zero-order valence-electron chi connectivity index (χ0n) is 17.1. The van der Waals surface area contributed by atoms with Gasteiger partial charge in [0.25, 0.3) is 0 Å². The summed E-state index contributed by atoms with van der Waals surface area (Å²) in [5.41, 5.74) is 4.09. The Kier molecular flexibility index (Phi) is 6.10. The van der Waals surface area contributed by atoms with Crippen LogP contribution in [0, 0.1) is 13.8 Å². The molecule has 2 N–H and O–H groups in total. The van der Waals surface area contributed by atoms with Crippen molar-refractivity contribution in [2.75, 3.05) is 23.2 Å². The molecule has 0 saturated heterocycles. The van der Waals surface area contributed by atoms with Crippen LogP contribution in [0.3, 0.4) is 0 Å². The summed E-state index contributed by atoms with van der Waals surface area (Å²) in [5.74, 6) is 0.692. The smallest absolute Gasteiger partial charge is 0.234 e. The van der Waals surface area contributed by atoms with E-state index in [9.17, 15) is 9.59 Å². The highest BCUT2D eigenvalue weighted by atomic mass is 32.2. The zero-order valence-corrected chi connectivity index (χ0v) is 18.8. The topological polar surface area (TPSA) is 102 Å². The lowest BCUT2D eigenvalue weighted by atomic mass is 10.1. The molecule has 4 rings (SSSR count). The summed E-state index contributed by atoms with van der Waals surface area (Å²) in [7, 11) is 0. The van der Waals surface area contributed by atoms with Crippen LogP contribution in [0.1, 0.15) is 28.4 Å². The number of ether oxygens (including phenoxy) is 2. The first-order valence-corrected chi connectivity index (χ1v) is 11.2. The molecule has 2 heterocycles. The van der Waals surface area contributed by atoms with Gasteiger partial charge < -0.3 is 20.1 Å². The van der Waals surface area contributed by atoms with Crippen LogP contribution in [-0.2, 0) is 4.79 Å². The summed E-state index contributed by atoms with van der Waals surface area (Å²) >= 11 is 2.65.